The summed E-state index contributed by atoms with van der Waals surface area (Å²) in [7, 11) is 0. The van der Waals surface area contributed by atoms with E-state index in [-0.39, 0.29) is 12.0 Å². The molecule has 0 aliphatic rings. The van der Waals surface area contributed by atoms with Gasteiger partial charge in [0.2, 0.25) is 5.91 Å². The summed E-state index contributed by atoms with van der Waals surface area (Å²) in [6.45, 7) is 7.95. The Kier molecular flexibility index (Phi) is 13.0. The largest absolute Gasteiger partial charge is 0.393 e. The highest BCUT2D eigenvalue weighted by atomic mass is 16.3. The third kappa shape index (κ3) is 11.3. The Labute approximate surface area is 125 Å². The minimum Gasteiger partial charge on any atom is -0.393 e. The highest BCUT2D eigenvalue weighted by molar-refractivity contribution is 5.76. The summed E-state index contributed by atoms with van der Waals surface area (Å²) in [4.78, 5) is 14.2. The summed E-state index contributed by atoms with van der Waals surface area (Å²) in [6.07, 6.45) is 10.3. The number of carbonyl (C=O) groups is 1. The lowest BCUT2D eigenvalue weighted by Gasteiger charge is -2.23. The summed E-state index contributed by atoms with van der Waals surface area (Å²) in [5, 5.41) is 9.30. The van der Waals surface area contributed by atoms with Crippen molar-refractivity contribution in [2.45, 2.75) is 91.1 Å². The quantitative estimate of drug-likeness (QED) is 0.517. The van der Waals surface area contributed by atoms with Gasteiger partial charge < -0.3 is 10.0 Å². The van der Waals surface area contributed by atoms with Crippen LogP contribution in [0.25, 0.3) is 0 Å². The lowest BCUT2D eigenvalue weighted by molar-refractivity contribution is -0.132. The van der Waals surface area contributed by atoms with Crippen molar-refractivity contribution in [3.05, 3.63) is 0 Å². The van der Waals surface area contributed by atoms with Crippen LogP contribution in [0.2, 0.25) is 0 Å². The van der Waals surface area contributed by atoms with E-state index in [4.69, 9.17) is 0 Å². The van der Waals surface area contributed by atoms with Crippen LogP contribution in [0, 0.1) is 0 Å². The molecular weight excluding hydrogens is 250 g/mol. The summed E-state index contributed by atoms with van der Waals surface area (Å²) >= 11 is 0. The molecule has 0 aliphatic carbocycles. The van der Waals surface area contributed by atoms with Gasteiger partial charge in [0.1, 0.15) is 0 Å². The monoisotopic (exact) mass is 285 g/mol. The molecule has 0 bridgehead atoms. The minimum atomic E-state index is -0.374. The van der Waals surface area contributed by atoms with E-state index in [1.54, 1.807) is 6.92 Å². The van der Waals surface area contributed by atoms with Crippen molar-refractivity contribution in [1.29, 1.82) is 0 Å². The molecular formula is C17H35NO2. The molecule has 1 amide bonds. The van der Waals surface area contributed by atoms with Gasteiger partial charge in [0.25, 0.3) is 0 Å². The molecule has 1 atom stereocenters. The Balaban J connectivity index is 4.04. The number of amides is 1. The number of hydrogen-bond donors (Lipinski definition) is 1. The van der Waals surface area contributed by atoms with Gasteiger partial charge in [-0.1, -0.05) is 52.4 Å². The third-order valence-corrected chi connectivity index (χ3v) is 3.69. The molecule has 0 spiro atoms. The number of aliphatic hydroxyl groups excluding tert-OH is 1. The topological polar surface area (TPSA) is 40.5 Å². The van der Waals surface area contributed by atoms with E-state index in [1.165, 1.54) is 38.5 Å². The second-order valence-corrected chi connectivity index (χ2v) is 5.89. The molecule has 0 aromatic heterocycles. The molecule has 0 saturated heterocycles. The molecule has 3 nitrogen and oxygen atoms in total. The first-order chi connectivity index (χ1) is 9.61. The van der Waals surface area contributed by atoms with Crippen LogP contribution < -0.4 is 0 Å². The van der Waals surface area contributed by atoms with Crippen LogP contribution in [0.15, 0.2) is 0 Å². The molecule has 0 heterocycles. The maximum absolute atomic E-state index is 12.2. The van der Waals surface area contributed by atoms with Gasteiger partial charge in [0.05, 0.1) is 6.10 Å². The lowest BCUT2D eigenvalue weighted by Crippen LogP contribution is -2.33. The fourth-order valence-corrected chi connectivity index (χ4v) is 2.31. The van der Waals surface area contributed by atoms with Gasteiger partial charge in [-0.25, -0.2) is 0 Å². The minimum absolute atomic E-state index is 0.221. The van der Waals surface area contributed by atoms with E-state index < -0.39 is 0 Å². The second-order valence-electron chi connectivity index (χ2n) is 5.89. The van der Waals surface area contributed by atoms with Gasteiger partial charge in [-0.2, -0.15) is 0 Å². The van der Waals surface area contributed by atoms with E-state index in [9.17, 15) is 9.90 Å². The molecule has 1 N–H and O–H groups in total. The average Bonchev–Trinajstić information content (AvgIpc) is 2.43. The number of rotatable bonds is 13. The summed E-state index contributed by atoms with van der Waals surface area (Å²) in [5.41, 5.74) is 0. The van der Waals surface area contributed by atoms with Gasteiger partial charge in [-0.3, -0.25) is 4.79 Å². The van der Waals surface area contributed by atoms with E-state index in [0.717, 1.165) is 25.9 Å². The normalized spacial score (nSPS) is 12.4. The smallest absolute Gasteiger partial charge is 0.222 e. The lowest BCUT2D eigenvalue weighted by atomic mass is 10.1. The van der Waals surface area contributed by atoms with Crippen molar-refractivity contribution in [1.82, 2.24) is 4.90 Å². The molecule has 0 aromatic rings. The Bertz CT molecular complexity index is 217. The fourth-order valence-electron chi connectivity index (χ4n) is 2.31. The highest BCUT2D eigenvalue weighted by Crippen LogP contribution is 2.08. The Morgan fingerprint density at radius 2 is 1.45 bits per heavy atom. The zero-order valence-electron chi connectivity index (χ0n) is 13.9. The molecule has 0 radical (unpaired) electrons. The van der Waals surface area contributed by atoms with Crippen LogP contribution in [-0.4, -0.2) is 35.1 Å². The number of unbranched alkanes of at least 4 members (excludes halogenated alkanes) is 6. The van der Waals surface area contributed by atoms with Gasteiger partial charge in [0, 0.05) is 19.5 Å². The van der Waals surface area contributed by atoms with Crippen LogP contribution in [0.4, 0.5) is 0 Å². The second kappa shape index (κ2) is 13.4. The van der Waals surface area contributed by atoms with Crippen molar-refractivity contribution in [2.24, 2.45) is 0 Å². The standard InChI is InChI=1S/C17H35NO2/c1-4-6-8-10-14-18(15-11-9-7-5-2)17(20)13-12-16(3)19/h16,19H,4-15H2,1-3H3. The molecule has 1 unspecified atom stereocenters. The summed E-state index contributed by atoms with van der Waals surface area (Å²) in [6, 6.07) is 0. The molecule has 0 rings (SSSR count). The third-order valence-electron chi connectivity index (χ3n) is 3.69. The van der Waals surface area contributed by atoms with Crippen LogP contribution in [0.3, 0.4) is 0 Å². The van der Waals surface area contributed by atoms with Crippen molar-refractivity contribution in [2.75, 3.05) is 13.1 Å². The van der Waals surface area contributed by atoms with Crippen molar-refractivity contribution in [3.63, 3.8) is 0 Å². The first-order valence-corrected chi connectivity index (χ1v) is 8.57. The molecule has 0 aliphatic heterocycles. The maximum atomic E-state index is 12.2. The summed E-state index contributed by atoms with van der Waals surface area (Å²) < 4.78 is 0. The van der Waals surface area contributed by atoms with Crippen molar-refractivity contribution < 1.29 is 9.90 Å². The fraction of sp³-hybridized carbons (Fsp3) is 0.941. The Morgan fingerprint density at radius 3 is 1.85 bits per heavy atom. The van der Waals surface area contributed by atoms with Crippen LogP contribution in [-0.2, 0) is 4.79 Å². The van der Waals surface area contributed by atoms with Crippen LogP contribution in [0.1, 0.15) is 85.0 Å². The van der Waals surface area contributed by atoms with Gasteiger partial charge in [-0.15, -0.1) is 0 Å². The van der Waals surface area contributed by atoms with Gasteiger partial charge in [0.15, 0.2) is 0 Å². The van der Waals surface area contributed by atoms with Crippen molar-refractivity contribution >= 4 is 5.91 Å². The average molecular weight is 285 g/mol. The first kappa shape index (κ1) is 19.4. The molecule has 20 heavy (non-hydrogen) atoms. The van der Waals surface area contributed by atoms with Crippen LogP contribution in [0.5, 0.6) is 0 Å². The number of nitrogens with zero attached hydrogens (tertiary/aromatic N) is 1. The molecule has 0 aromatic carbocycles. The molecule has 0 fully saturated rings. The van der Waals surface area contributed by atoms with E-state index >= 15 is 0 Å². The number of aliphatic hydroxyl groups is 1. The maximum Gasteiger partial charge on any atom is 0.222 e. The van der Waals surface area contributed by atoms with Crippen molar-refractivity contribution in [3.8, 4) is 0 Å². The zero-order chi connectivity index (χ0) is 15.2. The van der Waals surface area contributed by atoms with E-state index in [2.05, 4.69) is 13.8 Å². The number of carbonyl (C=O) groups excluding carboxylic acids is 1. The van der Waals surface area contributed by atoms with E-state index in [0.29, 0.717) is 12.8 Å². The zero-order valence-corrected chi connectivity index (χ0v) is 13.9. The predicted octanol–water partition coefficient (Wildman–Crippen LogP) is 4.14. The molecule has 120 valence electrons. The van der Waals surface area contributed by atoms with Gasteiger partial charge in [-0.05, 0) is 26.2 Å². The van der Waals surface area contributed by atoms with E-state index in [1.807, 2.05) is 4.90 Å². The highest BCUT2D eigenvalue weighted by Gasteiger charge is 2.13. The van der Waals surface area contributed by atoms with Crippen LogP contribution >= 0.6 is 0 Å². The molecule has 3 heteroatoms. The summed E-state index contributed by atoms with van der Waals surface area (Å²) in [5.74, 6) is 0.221. The predicted molar refractivity (Wildman–Crippen MR) is 85.8 cm³/mol. The van der Waals surface area contributed by atoms with Gasteiger partial charge >= 0.3 is 0 Å². The molecule has 0 saturated carbocycles. The Morgan fingerprint density at radius 1 is 0.950 bits per heavy atom. The number of hydrogen-bond acceptors (Lipinski definition) is 2. The SMILES string of the molecule is CCCCCCN(CCCCCC)C(=O)CCC(C)O. The first-order valence-electron chi connectivity index (χ1n) is 8.57. The Hall–Kier alpha value is -0.570.